The smallest absolute Gasteiger partial charge is 0.267 e. The number of para-hydroxylation sites is 2. The van der Waals surface area contributed by atoms with Gasteiger partial charge in [0.05, 0.1) is 17.6 Å². The normalized spacial score (nSPS) is 15.1. The number of pyridine rings is 1. The van der Waals surface area contributed by atoms with Crippen LogP contribution in [0.1, 0.15) is 18.9 Å². The summed E-state index contributed by atoms with van der Waals surface area (Å²) in [4.78, 5) is 30.7. The average molecular weight is 417 g/mol. The summed E-state index contributed by atoms with van der Waals surface area (Å²) in [5.41, 5.74) is 2.30. The largest absolute Gasteiger partial charge is 0.479 e. The predicted molar refractivity (Wildman–Crippen MR) is 117 cm³/mol. The molecule has 7 heteroatoms. The highest BCUT2D eigenvalue weighted by Gasteiger charge is 2.31. The van der Waals surface area contributed by atoms with Gasteiger partial charge in [-0.15, -0.1) is 0 Å². The minimum Gasteiger partial charge on any atom is -0.479 e. The number of rotatable bonds is 7. The summed E-state index contributed by atoms with van der Waals surface area (Å²) in [5, 5.41) is 2.81. The molecule has 3 aromatic rings. The molecule has 31 heavy (non-hydrogen) atoms. The Labute approximate surface area is 180 Å². The van der Waals surface area contributed by atoms with E-state index < -0.39 is 6.10 Å². The van der Waals surface area contributed by atoms with Crippen molar-refractivity contribution in [2.75, 3.05) is 16.8 Å². The first-order valence-electron chi connectivity index (χ1n) is 10.1. The highest BCUT2D eigenvalue weighted by molar-refractivity contribution is 6.00. The van der Waals surface area contributed by atoms with Crippen molar-refractivity contribution >= 4 is 23.2 Å². The Balaban J connectivity index is 1.30. The summed E-state index contributed by atoms with van der Waals surface area (Å²) in [6.07, 6.45) is 1.12. The van der Waals surface area contributed by atoms with Crippen molar-refractivity contribution < 1.29 is 19.1 Å². The lowest BCUT2D eigenvalue weighted by atomic mass is 10.1. The van der Waals surface area contributed by atoms with Gasteiger partial charge in [-0.25, -0.2) is 4.98 Å². The van der Waals surface area contributed by atoms with E-state index >= 15 is 0 Å². The van der Waals surface area contributed by atoms with Crippen molar-refractivity contribution in [1.82, 2.24) is 4.98 Å². The second-order valence-electron chi connectivity index (χ2n) is 7.18. The van der Waals surface area contributed by atoms with Gasteiger partial charge in [0.2, 0.25) is 11.8 Å². The summed E-state index contributed by atoms with van der Waals surface area (Å²) in [7, 11) is 0. The van der Waals surface area contributed by atoms with Crippen LogP contribution in [-0.4, -0.2) is 29.4 Å². The van der Waals surface area contributed by atoms with Crippen LogP contribution in [0.5, 0.6) is 11.6 Å². The van der Waals surface area contributed by atoms with Crippen molar-refractivity contribution in [3.8, 4) is 11.6 Å². The lowest BCUT2D eigenvalue weighted by Gasteiger charge is -2.32. The lowest BCUT2D eigenvalue weighted by molar-refractivity contribution is -0.125. The molecule has 4 rings (SSSR count). The zero-order valence-electron chi connectivity index (χ0n) is 17.2. The molecule has 0 bridgehead atoms. The molecule has 1 atom stereocenters. The number of aromatic nitrogens is 1. The van der Waals surface area contributed by atoms with E-state index in [2.05, 4.69) is 10.3 Å². The molecule has 0 fully saturated rings. The number of amides is 2. The second kappa shape index (κ2) is 9.30. The molecule has 2 amide bonds. The van der Waals surface area contributed by atoms with E-state index in [-0.39, 0.29) is 24.8 Å². The molecule has 1 aromatic heterocycles. The molecule has 0 saturated carbocycles. The van der Waals surface area contributed by atoms with E-state index in [9.17, 15) is 9.59 Å². The third kappa shape index (κ3) is 5.01. The van der Waals surface area contributed by atoms with Crippen molar-refractivity contribution in [3.63, 3.8) is 0 Å². The molecule has 2 aromatic carbocycles. The maximum atomic E-state index is 12.5. The van der Waals surface area contributed by atoms with E-state index in [1.807, 2.05) is 54.6 Å². The molecule has 1 aliphatic heterocycles. The van der Waals surface area contributed by atoms with E-state index in [0.29, 0.717) is 29.6 Å². The van der Waals surface area contributed by atoms with Gasteiger partial charge >= 0.3 is 0 Å². The third-order valence-electron chi connectivity index (χ3n) is 4.89. The Bertz CT molecular complexity index is 1050. The maximum Gasteiger partial charge on any atom is 0.267 e. The van der Waals surface area contributed by atoms with Crippen LogP contribution < -0.4 is 19.7 Å². The third-order valence-corrected chi connectivity index (χ3v) is 4.89. The van der Waals surface area contributed by atoms with Gasteiger partial charge in [-0.3, -0.25) is 9.59 Å². The van der Waals surface area contributed by atoms with Crippen molar-refractivity contribution in [1.29, 1.82) is 0 Å². The minimum atomic E-state index is -0.578. The number of carbonyl (C=O) groups excluding carboxylic acids is 2. The molecule has 0 spiro atoms. The monoisotopic (exact) mass is 417 g/mol. The second-order valence-corrected chi connectivity index (χ2v) is 7.18. The van der Waals surface area contributed by atoms with Crippen LogP contribution >= 0.6 is 0 Å². The molecule has 1 N–H and O–H groups in total. The number of fused-ring (bicyclic) bond motifs is 1. The Morgan fingerprint density at radius 1 is 1.10 bits per heavy atom. The summed E-state index contributed by atoms with van der Waals surface area (Å²) >= 11 is 0. The van der Waals surface area contributed by atoms with E-state index in [1.165, 1.54) is 0 Å². The molecule has 2 heterocycles. The van der Waals surface area contributed by atoms with E-state index in [0.717, 1.165) is 5.56 Å². The zero-order chi connectivity index (χ0) is 21.6. The summed E-state index contributed by atoms with van der Waals surface area (Å²) < 4.78 is 11.3. The van der Waals surface area contributed by atoms with Crippen LogP contribution in [0.25, 0.3) is 0 Å². The Hall–Kier alpha value is -3.87. The highest BCUT2D eigenvalue weighted by Crippen LogP contribution is 2.33. The standard InChI is InChI=1S/C24H23N3O4/c1-17-24(29)27(20-9-5-6-10-21(20)31-17)14-13-22(28)26-19-11-12-23(25-15-19)30-16-18-7-3-2-4-8-18/h2-12,15,17H,13-14,16H2,1H3,(H,26,28). The Morgan fingerprint density at radius 3 is 2.65 bits per heavy atom. The molecule has 0 aliphatic carbocycles. The van der Waals surface area contributed by atoms with Gasteiger partial charge in [0.25, 0.3) is 5.91 Å². The fourth-order valence-electron chi connectivity index (χ4n) is 3.30. The van der Waals surface area contributed by atoms with Crippen LogP contribution in [0.2, 0.25) is 0 Å². The number of carbonyl (C=O) groups is 2. The summed E-state index contributed by atoms with van der Waals surface area (Å²) in [5.74, 6) is 0.758. The first-order chi connectivity index (χ1) is 15.1. The van der Waals surface area contributed by atoms with E-state index in [1.54, 1.807) is 30.2 Å². The molecular weight excluding hydrogens is 394 g/mol. The molecule has 7 nitrogen and oxygen atoms in total. The van der Waals surface area contributed by atoms with Crippen LogP contribution in [0.4, 0.5) is 11.4 Å². The van der Waals surface area contributed by atoms with Crippen LogP contribution in [0, 0.1) is 0 Å². The van der Waals surface area contributed by atoms with Gasteiger partial charge in [0.1, 0.15) is 12.4 Å². The zero-order valence-corrected chi connectivity index (χ0v) is 17.2. The van der Waals surface area contributed by atoms with Crippen molar-refractivity contribution in [2.24, 2.45) is 0 Å². The van der Waals surface area contributed by atoms with Gasteiger partial charge in [0.15, 0.2) is 6.10 Å². The number of nitrogens with one attached hydrogen (secondary N) is 1. The number of ether oxygens (including phenoxy) is 2. The Morgan fingerprint density at radius 2 is 1.87 bits per heavy atom. The fraction of sp³-hybridized carbons (Fsp3) is 0.208. The van der Waals surface area contributed by atoms with Crippen LogP contribution in [0.3, 0.4) is 0 Å². The molecule has 1 aliphatic rings. The maximum absolute atomic E-state index is 12.5. The van der Waals surface area contributed by atoms with Crippen LogP contribution in [-0.2, 0) is 16.2 Å². The van der Waals surface area contributed by atoms with Gasteiger partial charge < -0.3 is 19.7 Å². The topological polar surface area (TPSA) is 80.8 Å². The quantitative estimate of drug-likeness (QED) is 0.632. The van der Waals surface area contributed by atoms with Gasteiger partial charge in [0, 0.05) is 19.0 Å². The number of hydrogen-bond acceptors (Lipinski definition) is 5. The number of anilines is 2. The Kier molecular flexibility index (Phi) is 6.12. The minimum absolute atomic E-state index is 0.152. The van der Waals surface area contributed by atoms with Gasteiger partial charge in [-0.05, 0) is 30.7 Å². The lowest BCUT2D eigenvalue weighted by Crippen LogP contribution is -2.45. The fourth-order valence-corrected chi connectivity index (χ4v) is 3.30. The van der Waals surface area contributed by atoms with Crippen molar-refractivity contribution in [3.05, 3.63) is 78.5 Å². The molecule has 0 saturated heterocycles. The number of nitrogens with zero attached hydrogens (tertiary/aromatic N) is 2. The molecule has 1 unspecified atom stereocenters. The summed E-state index contributed by atoms with van der Waals surface area (Å²) in [6, 6.07) is 20.6. The number of hydrogen-bond donors (Lipinski definition) is 1. The van der Waals surface area contributed by atoms with E-state index in [4.69, 9.17) is 9.47 Å². The van der Waals surface area contributed by atoms with Crippen LogP contribution in [0.15, 0.2) is 72.9 Å². The predicted octanol–water partition coefficient (Wildman–Crippen LogP) is 3.80. The molecule has 158 valence electrons. The molecule has 0 radical (unpaired) electrons. The van der Waals surface area contributed by atoms with Gasteiger partial charge in [-0.1, -0.05) is 42.5 Å². The molecular formula is C24H23N3O4. The first-order valence-corrected chi connectivity index (χ1v) is 10.1. The first kappa shape index (κ1) is 20.4. The van der Waals surface area contributed by atoms with Gasteiger partial charge in [-0.2, -0.15) is 0 Å². The average Bonchev–Trinajstić information content (AvgIpc) is 2.79. The highest BCUT2D eigenvalue weighted by atomic mass is 16.5. The summed E-state index contributed by atoms with van der Waals surface area (Å²) in [6.45, 7) is 2.40. The number of benzene rings is 2. The SMILES string of the molecule is CC1Oc2ccccc2N(CCC(=O)Nc2ccc(OCc3ccccc3)nc2)C1=O. The van der Waals surface area contributed by atoms with Crippen molar-refractivity contribution in [2.45, 2.75) is 26.1 Å².